The Hall–Kier alpha value is -2.48. The molecule has 0 saturated carbocycles. The van der Waals surface area contributed by atoms with Crippen LogP contribution in [0.1, 0.15) is 17.4 Å². The molecular weight excluding hydrogens is 366 g/mol. The largest absolute Gasteiger partial charge is 0.497 e. The molecule has 0 aliphatic carbocycles. The first-order valence-electron chi connectivity index (χ1n) is 8.87. The number of aromatic nitrogens is 4. The van der Waals surface area contributed by atoms with Gasteiger partial charge in [0.1, 0.15) is 18.8 Å². The number of ether oxygens (including phenoxy) is 2. The van der Waals surface area contributed by atoms with Crippen LogP contribution >= 0.6 is 11.6 Å². The van der Waals surface area contributed by atoms with Gasteiger partial charge in [-0.15, -0.1) is 5.10 Å². The first-order valence-corrected chi connectivity index (χ1v) is 9.24. The highest BCUT2D eigenvalue weighted by Gasteiger charge is 2.33. The van der Waals surface area contributed by atoms with Gasteiger partial charge in [0.05, 0.1) is 26.0 Å². The van der Waals surface area contributed by atoms with E-state index in [1.165, 1.54) is 4.90 Å². The molecular formula is C19H21ClN5O2+. The molecule has 1 saturated heterocycles. The fourth-order valence-electron chi connectivity index (χ4n) is 3.43. The number of benzene rings is 2. The first-order chi connectivity index (χ1) is 13.3. The number of methoxy groups -OCH3 is 1. The molecule has 0 radical (unpaired) electrons. The Kier molecular flexibility index (Phi) is 5.33. The van der Waals surface area contributed by atoms with E-state index in [1.54, 1.807) is 11.8 Å². The van der Waals surface area contributed by atoms with E-state index in [4.69, 9.17) is 21.1 Å². The van der Waals surface area contributed by atoms with Gasteiger partial charge in [0.15, 0.2) is 6.04 Å². The third kappa shape index (κ3) is 3.80. The van der Waals surface area contributed by atoms with Gasteiger partial charge in [0.2, 0.25) is 5.82 Å². The molecule has 0 amide bonds. The lowest BCUT2D eigenvalue weighted by Crippen LogP contribution is -3.14. The second-order valence-corrected chi connectivity index (χ2v) is 6.84. The quantitative estimate of drug-likeness (QED) is 0.716. The van der Waals surface area contributed by atoms with Gasteiger partial charge >= 0.3 is 0 Å². The minimum absolute atomic E-state index is 0.0109. The van der Waals surface area contributed by atoms with Crippen LogP contribution in [0.25, 0.3) is 5.69 Å². The molecule has 0 spiro atoms. The van der Waals surface area contributed by atoms with Crippen molar-refractivity contribution in [2.45, 2.75) is 6.04 Å². The smallest absolute Gasteiger partial charge is 0.218 e. The lowest BCUT2D eigenvalue weighted by molar-refractivity contribution is -0.933. The number of tetrazole rings is 1. The molecule has 1 aliphatic rings. The highest BCUT2D eigenvalue weighted by Crippen LogP contribution is 2.22. The van der Waals surface area contributed by atoms with Crippen LogP contribution in [0.15, 0.2) is 48.5 Å². The Morgan fingerprint density at radius 3 is 2.44 bits per heavy atom. The number of nitrogens with one attached hydrogen (secondary N) is 1. The van der Waals surface area contributed by atoms with Crippen molar-refractivity contribution in [3.8, 4) is 11.4 Å². The molecule has 2 aromatic carbocycles. The Morgan fingerprint density at radius 2 is 1.78 bits per heavy atom. The van der Waals surface area contributed by atoms with E-state index in [0.717, 1.165) is 49.1 Å². The van der Waals surface area contributed by atoms with E-state index in [-0.39, 0.29) is 6.04 Å². The van der Waals surface area contributed by atoms with Gasteiger partial charge in [-0.05, 0) is 46.8 Å². The van der Waals surface area contributed by atoms with Crippen molar-refractivity contribution >= 4 is 11.6 Å². The average Bonchev–Trinajstić information content (AvgIpc) is 3.20. The topological polar surface area (TPSA) is 66.5 Å². The maximum Gasteiger partial charge on any atom is 0.218 e. The zero-order chi connectivity index (χ0) is 18.6. The van der Waals surface area contributed by atoms with Crippen LogP contribution in [-0.4, -0.2) is 53.6 Å². The van der Waals surface area contributed by atoms with E-state index in [2.05, 4.69) is 15.5 Å². The third-order valence-electron chi connectivity index (χ3n) is 4.82. The van der Waals surface area contributed by atoms with E-state index < -0.39 is 0 Å². The molecule has 1 aromatic heterocycles. The van der Waals surface area contributed by atoms with Gasteiger partial charge in [-0.3, -0.25) is 0 Å². The summed E-state index contributed by atoms with van der Waals surface area (Å²) in [5.41, 5.74) is 2.02. The number of rotatable bonds is 5. The van der Waals surface area contributed by atoms with Crippen LogP contribution in [0.3, 0.4) is 0 Å². The van der Waals surface area contributed by atoms with Gasteiger partial charge < -0.3 is 14.4 Å². The zero-order valence-corrected chi connectivity index (χ0v) is 15.8. The maximum absolute atomic E-state index is 6.10. The van der Waals surface area contributed by atoms with Crippen LogP contribution in [0, 0.1) is 0 Å². The normalized spacial score (nSPS) is 16.2. The first kappa shape index (κ1) is 17.9. The minimum atomic E-state index is -0.0109. The van der Waals surface area contributed by atoms with E-state index in [0.29, 0.717) is 5.02 Å². The predicted molar refractivity (Wildman–Crippen MR) is 101 cm³/mol. The second-order valence-electron chi connectivity index (χ2n) is 6.40. The summed E-state index contributed by atoms with van der Waals surface area (Å²) >= 11 is 6.10. The molecule has 27 heavy (non-hydrogen) atoms. The Balaban J connectivity index is 1.76. The zero-order valence-electron chi connectivity index (χ0n) is 15.0. The molecule has 1 atom stereocenters. The van der Waals surface area contributed by atoms with Gasteiger partial charge in [-0.2, -0.15) is 4.68 Å². The minimum Gasteiger partial charge on any atom is -0.497 e. The summed E-state index contributed by atoms with van der Waals surface area (Å²) in [6.45, 7) is 3.23. The van der Waals surface area contributed by atoms with Crippen molar-refractivity contribution in [2.75, 3.05) is 33.4 Å². The average molecular weight is 387 g/mol. The molecule has 2 heterocycles. The molecule has 140 valence electrons. The molecule has 1 aliphatic heterocycles. The van der Waals surface area contributed by atoms with Crippen molar-refractivity contribution in [3.05, 3.63) is 64.9 Å². The molecule has 3 aromatic rings. The van der Waals surface area contributed by atoms with Crippen LogP contribution in [0.4, 0.5) is 0 Å². The highest BCUT2D eigenvalue weighted by molar-refractivity contribution is 6.30. The summed E-state index contributed by atoms with van der Waals surface area (Å²) in [6, 6.07) is 15.6. The summed E-state index contributed by atoms with van der Waals surface area (Å²) < 4.78 is 12.6. The molecule has 8 heteroatoms. The number of nitrogens with zero attached hydrogens (tertiary/aromatic N) is 4. The summed E-state index contributed by atoms with van der Waals surface area (Å²) in [4.78, 5) is 1.37. The third-order valence-corrected chi connectivity index (χ3v) is 5.07. The number of quaternary nitrogens is 1. The van der Waals surface area contributed by atoms with Gasteiger partial charge in [0, 0.05) is 10.6 Å². The molecule has 0 unspecified atom stereocenters. The van der Waals surface area contributed by atoms with Crippen molar-refractivity contribution < 1.29 is 14.4 Å². The molecule has 1 N–H and O–H groups in total. The van der Waals surface area contributed by atoms with Crippen LogP contribution in [-0.2, 0) is 4.74 Å². The van der Waals surface area contributed by atoms with Crippen LogP contribution in [0.5, 0.6) is 5.75 Å². The molecule has 4 rings (SSSR count). The van der Waals surface area contributed by atoms with E-state index >= 15 is 0 Å². The van der Waals surface area contributed by atoms with E-state index in [9.17, 15) is 0 Å². The van der Waals surface area contributed by atoms with Gasteiger partial charge in [-0.1, -0.05) is 23.7 Å². The van der Waals surface area contributed by atoms with E-state index in [1.807, 2.05) is 48.5 Å². The SMILES string of the molecule is COc1ccc(-n2nnnc2[C@@H](c2ccc(Cl)cc2)[NH+]2CCOCC2)cc1. The van der Waals surface area contributed by atoms with Crippen LogP contribution in [0.2, 0.25) is 5.02 Å². The number of halogens is 1. The number of hydrogen-bond donors (Lipinski definition) is 1. The fourth-order valence-corrected chi connectivity index (χ4v) is 3.55. The molecule has 1 fully saturated rings. The summed E-state index contributed by atoms with van der Waals surface area (Å²) in [5.74, 6) is 1.58. The summed E-state index contributed by atoms with van der Waals surface area (Å²) in [7, 11) is 1.65. The van der Waals surface area contributed by atoms with Crippen molar-refractivity contribution in [1.82, 2.24) is 20.2 Å². The summed E-state index contributed by atoms with van der Waals surface area (Å²) in [6.07, 6.45) is 0. The van der Waals surface area contributed by atoms with Crippen molar-refractivity contribution in [2.24, 2.45) is 0 Å². The second kappa shape index (κ2) is 8.04. The van der Waals surface area contributed by atoms with Crippen molar-refractivity contribution in [3.63, 3.8) is 0 Å². The maximum atomic E-state index is 6.10. The van der Waals surface area contributed by atoms with Crippen molar-refractivity contribution in [1.29, 1.82) is 0 Å². The van der Waals surface area contributed by atoms with Gasteiger partial charge in [-0.25, -0.2) is 0 Å². The Bertz CT molecular complexity index is 876. The Morgan fingerprint density at radius 1 is 1.07 bits per heavy atom. The predicted octanol–water partition coefficient (Wildman–Crippen LogP) is 1.33. The monoisotopic (exact) mass is 386 g/mol. The number of hydrogen-bond acceptors (Lipinski definition) is 5. The molecule has 0 bridgehead atoms. The van der Waals surface area contributed by atoms with Crippen LogP contribution < -0.4 is 9.64 Å². The fraction of sp³-hybridized carbons (Fsp3) is 0.316. The lowest BCUT2D eigenvalue weighted by atomic mass is 10.0. The lowest BCUT2D eigenvalue weighted by Gasteiger charge is -2.31. The molecule has 7 nitrogen and oxygen atoms in total. The summed E-state index contributed by atoms with van der Waals surface area (Å²) in [5, 5.41) is 13.3. The standard InChI is InChI=1S/C19H20ClN5O2/c1-26-17-8-6-16(7-9-17)25-19(21-22-23-25)18(24-10-12-27-13-11-24)14-2-4-15(20)5-3-14/h2-9,18H,10-13H2,1H3/p+1/t18-/m1/s1. The number of morpholine rings is 1. The Labute approximate surface area is 162 Å². The highest BCUT2D eigenvalue weighted by atomic mass is 35.5. The van der Waals surface area contributed by atoms with Gasteiger partial charge in [0.25, 0.3) is 0 Å².